The van der Waals surface area contributed by atoms with Gasteiger partial charge in [0, 0.05) is 24.3 Å². The third-order valence-electron chi connectivity index (χ3n) is 4.23. The highest BCUT2D eigenvalue weighted by molar-refractivity contribution is 5.97. The van der Waals surface area contributed by atoms with Crippen LogP contribution in [0.15, 0.2) is 48.5 Å². The van der Waals surface area contributed by atoms with Crippen LogP contribution in [0.2, 0.25) is 0 Å². The Morgan fingerprint density at radius 3 is 2.80 bits per heavy atom. The number of nitrogens with zero attached hydrogens (tertiary/aromatic N) is 1. The lowest BCUT2D eigenvalue weighted by atomic mass is 10.1. The number of hydrogen-bond donors (Lipinski definition) is 2. The van der Waals surface area contributed by atoms with Gasteiger partial charge in [-0.1, -0.05) is 31.2 Å². The number of hydrogen-bond acceptors (Lipinski definition) is 2. The van der Waals surface area contributed by atoms with Gasteiger partial charge >= 0.3 is 6.03 Å². The zero-order valence-corrected chi connectivity index (χ0v) is 14.0. The van der Waals surface area contributed by atoms with Crippen LogP contribution in [0.5, 0.6) is 0 Å². The SMILES string of the molecule is CCc1ccccc1NC(=O)N[C@@H]1CC(=O)N(c2cccc(F)c2)C1. The van der Waals surface area contributed by atoms with E-state index in [1.54, 1.807) is 12.1 Å². The van der Waals surface area contributed by atoms with Crippen molar-refractivity contribution in [2.75, 3.05) is 16.8 Å². The van der Waals surface area contributed by atoms with Crippen LogP contribution in [-0.4, -0.2) is 24.5 Å². The molecule has 5 nitrogen and oxygen atoms in total. The molecule has 0 aliphatic carbocycles. The average Bonchev–Trinajstić information content (AvgIpc) is 2.95. The number of nitrogens with one attached hydrogen (secondary N) is 2. The van der Waals surface area contributed by atoms with E-state index in [0.717, 1.165) is 17.7 Å². The Hall–Kier alpha value is -2.89. The van der Waals surface area contributed by atoms with Crippen molar-refractivity contribution in [2.24, 2.45) is 0 Å². The second-order valence-corrected chi connectivity index (χ2v) is 5.99. The fraction of sp³-hybridized carbons (Fsp3) is 0.263. The van der Waals surface area contributed by atoms with Gasteiger partial charge in [-0.2, -0.15) is 0 Å². The smallest absolute Gasteiger partial charge is 0.319 e. The summed E-state index contributed by atoms with van der Waals surface area (Å²) in [6, 6.07) is 12.8. The first kappa shape index (κ1) is 17.0. The molecule has 6 heteroatoms. The fourth-order valence-corrected chi connectivity index (χ4v) is 2.99. The molecule has 3 amide bonds. The molecule has 25 heavy (non-hydrogen) atoms. The molecule has 1 saturated heterocycles. The summed E-state index contributed by atoms with van der Waals surface area (Å²) in [5, 5.41) is 5.64. The predicted molar refractivity (Wildman–Crippen MR) is 95.1 cm³/mol. The van der Waals surface area contributed by atoms with Crippen molar-refractivity contribution in [3.8, 4) is 0 Å². The highest BCUT2D eigenvalue weighted by atomic mass is 19.1. The van der Waals surface area contributed by atoms with E-state index in [0.29, 0.717) is 12.2 Å². The van der Waals surface area contributed by atoms with Gasteiger partial charge in [0.2, 0.25) is 5.91 Å². The Morgan fingerprint density at radius 2 is 2.04 bits per heavy atom. The third kappa shape index (κ3) is 3.96. The molecule has 2 aromatic carbocycles. The van der Waals surface area contributed by atoms with Crippen LogP contribution in [-0.2, 0) is 11.2 Å². The lowest BCUT2D eigenvalue weighted by Crippen LogP contribution is -2.39. The van der Waals surface area contributed by atoms with Gasteiger partial charge in [0.25, 0.3) is 0 Å². The molecular formula is C19H20FN3O2. The van der Waals surface area contributed by atoms with Crippen LogP contribution in [0.25, 0.3) is 0 Å². The van der Waals surface area contributed by atoms with Gasteiger partial charge < -0.3 is 15.5 Å². The topological polar surface area (TPSA) is 61.4 Å². The first-order valence-electron chi connectivity index (χ1n) is 8.28. The molecular weight excluding hydrogens is 321 g/mol. The minimum Gasteiger partial charge on any atom is -0.333 e. The van der Waals surface area contributed by atoms with E-state index in [1.165, 1.54) is 17.0 Å². The Labute approximate surface area is 145 Å². The Kier molecular flexibility index (Phi) is 4.97. The summed E-state index contributed by atoms with van der Waals surface area (Å²) in [5.74, 6) is -0.527. The first-order valence-corrected chi connectivity index (χ1v) is 8.28. The van der Waals surface area contributed by atoms with E-state index in [-0.39, 0.29) is 24.4 Å². The van der Waals surface area contributed by atoms with Crippen LogP contribution in [0, 0.1) is 5.82 Å². The molecule has 0 unspecified atom stereocenters. The number of anilines is 2. The highest BCUT2D eigenvalue weighted by Gasteiger charge is 2.31. The number of para-hydroxylation sites is 1. The van der Waals surface area contributed by atoms with E-state index < -0.39 is 5.82 Å². The zero-order chi connectivity index (χ0) is 17.8. The largest absolute Gasteiger partial charge is 0.333 e. The summed E-state index contributed by atoms with van der Waals surface area (Å²) >= 11 is 0. The lowest BCUT2D eigenvalue weighted by Gasteiger charge is -2.18. The minimum atomic E-state index is -0.393. The van der Waals surface area contributed by atoms with Gasteiger partial charge in [0.15, 0.2) is 0 Å². The predicted octanol–water partition coefficient (Wildman–Crippen LogP) is 3.32. The molecule has 1 aliphatic heterocycles. The molecule has 1 heterocycles. The summed E-state index contributed by atoms with van der Waals surface area (Å²) in [5.41, 5.74) is 2.31. The van der Waals surface area contributed by atoms with Crippen LogP contribution >= 0.6 is 0 Å². The molecule has 2 N–H and O–H groups in total. The van der Waals surface area contributed by atoms with E-state index in [9.17, 15) is 14.0 Å². The molecule has 1 atom stereocenters. The number of rotatable bonds is 4. The van der Waals surface area contributed by atoms with Crippen LogP contribution < -0.4 is 15.5 Å². The summed E-state index contributed by atoms with van der Waals surface area (Å²) in [6.45, 7) is 2.34. The van der Waals surface area contributed by atoms with E-state index in [2.05, 4.69) is 10.6 Å². The molecule has 0 saturated carbocycles. The Bertz CT molecular complexity index is 794. The molecule has 3 rings (SSSR count). The molecule has 0 aromatic heterocycles. The van der Waals surface area contributed by atoms with Gasteiger partial charge in [-0.3, -0.25) is 4.79 Å². The molecule has 1 fully saturated rings. The molecule has 1 aliphatic rings. The summed E-state index contributed by atoms with van der Waals surface area (Å²) in [7, 11) is 0. The normalized spacial score (nSPS) is 16.8. The number of halogens is 1. The number of carbonyl (C=O) groups excluding carboxylic acids is 2. The fourth-order valence-electron chi connectivity index (χ4n) is 2.99. The Balaban J connectivity index is 1.62. The quantitative estimate of drug-likeness (QED) is 0.896. The van der Waals surface area contributed by atoms with E-state index >= 15 is 0 Å². The molecule has 0 bridgehead atoms. The monoisotopic (exact) mass is 341 g/mol. The lowest BCUT2D eigenvalue weighted by molar-refractivity contribution is -0.117. The van der Waals surface area contributed by atoms with Gasteiger partial charge in [0.1, 0.15) is 5.82 Å². The zero-order valence-electron chi connectivity index (χ0n) is 14.0. The maximum absolute atomic E-state index is 13.4. The second kappa shape index (κ2) is 7.34. The maximum atomic E-state index is 13.4. The molecule has 0 radical (unpaired) electrons. The van der Waals surface area contributed by atoms with Crippen LogP contribution in [0.1, 0.15) is 18.9 Å². The van der Waals surface area contributed by atoms with Gasteiger partial charge in [0.05, 0.1) is 6.04 Å². The summed E-state index contributed by atoms with van der Waals surface area (Å²) in [4.78, 5) is 25.9. The minimum absolute atomic E-state index is 0.134. The number of carbonyl (C=O) groups is 2. The number of benzene rings is 2. The van der Waals surface area contributed by atoms with E-state index in [4.69, 9.17) is 0 Å². The van der Waals surface area contributed by atoms with Crippen molar-refractivity contribution in [3.63, 3.8) is 0 Å². The van der Waals surface area contributed by atoms with Crippen molar-refractivity contribution < 1.29 is 14.0 Å². The first-order chi connectivity index (χ1) is 12.1. The van der Waals surface area contributed by atoms with Crippen LogP contribution in [0.3, 0.4) is 0 Å². The standard InChI is InChI=1S/C19H20FN3O2/c1-2-13-6-3-4-9-17(13)22-19(25)21-15-11-18(24)23(12-15)16-8-5-7-14(20)10-16/h3-10,15H,2,11-12H2,1H3,(H2,21,22,25)/t15-/m1/s1. The summed E-state index contributed by atoms with van der Waals surface area (Å²) in [6.07, 6.45) is 1.01. The van der Waals surface area contributed by atoms with Crippen molar-refractivity contribution in [1.82, 2.24) is 5.32 Å². The van der Waals surface area contributed by atoms with Gasteiger partial charge in [-0.05, 0) is 36.2 Å². The van der Waals surface area contributed by atoms with E-state index in [1.807, 2.05) is 31.2 Å². The molecule has 130 valence electrons. The van der Waals surface area contributed by atoms with Crippen molar-refractivity contribution in [2.45, 2.75) is 25.8 Å². The number of amides is 3. The third-order valence-corrected chi connectivity index (χ3v) is 4.23. The summed E-state index contributed by atoms with van der Waals surface area (Å²) < 4.78 is 13.4. The average molecular weight is 341 g/mol. The molecule has 2 aromatic rings. The van der Waals surface area contributed by atoms with Crippen molar-refractivity contribution in [1.29, 1.82) is 0 Å². The maximum Gasteiger partial charge on any atom is 0.319 e. The molecule has 0 spiro atoms. The second-order valence-electron chi connectivity index (χ2n) is 5.99. The van der Waals surface area contributed by atoms with Gasteiger partial charge in [-0.15, -0.1) is 0 Å². The highest BCUT2D eigenvalue weighted by Crippen LogP contribution is 2.22. The number of urea groups is 1. The van der Waals surface area contributed by atoms with Crippen molar-refractivity contribution in [3.05, 3.63) is 59.9 Å². The van der Waals surface area contributed by atoms with Gasteiger partial charge in [-0.25, -0.2) is 9.18 Å². The Morgan fingerprint density at radius 1 is 1.24 bits per heavy atom. The number of aryl methyl sites for hydroxylation is 1. The van der Waals surface area contributed by atoms with Crippen LogP contribution in [0.4, 0.5) is 20.6 Å². The van der Waals surface area contributed by atoms with Crippen molar-refractivity contribution >= 4 is 23.3 Å².